The van der Waals surface area contributed by atoms with E-state index in [4.69, 9.17) is 9.47 Å². The summed E-state index contributed by atoms with van der Waals surface area (Å²) in [6.07, 6.45) is 0.934. The van der Waals surface area contributed by atoms with Crippen LogP contribution in [0.5, 0.6) is 11.5 Å². The zero-order chi connectivity index (χ0) is 16.1. The number of carbonyl (C=O) groups excluding carboxylic acids is 1. The Hall–Kier alpha value is -1.81. The molecule has 0 saturated heterocycles. The van der Waals surface area contributed by atoms with Gasteiger partial charge in [0, 0.05) is 0 Å². The third-order valence-corrected chi connectivity index (χ3v) is 3.94. The molecule has 0 unspecified atom stereocenters. The number of hydrogen-bond acceptors (Lipinski definition) is 3. The molecular formula is C18H19BrO3. The Bertz CT molecular complexity index is 680. The fourth-order valence-electron chi connectivity index (χ4n) is 1.90. The van der Waals surface area contributed by atoms with Crippen molar-refractivity contribution < 1.29 is 14.3 Å². The second-order valence-electron chi connectivity index (χ2n) is 5.13. The molecule has 3 nitrogen and oxygen atoms in total. The van der Waals surface area contributed by atoms with Gasteiger partial charge in [0.05, 0.1) is 16.6 Å². The number of rotatable bonds is 5. The van der Waals surface area contributed by atoms with Crippen molar-refractivity contribution >= 4 is 21.9 Å². The van der Waals surface area contributed by atoms with E-state index in [1.807, 2.05) is 32.9 Å². The second kappa shape index (κ2) is 7.45. The molecule has 0 heterocycles. The van der Waals surface area contributed by atoms with E-state index < -0.39 is 0 Å². The van der Waals surface area contributed by atoms with Crippen LogP contribution in [0.2, 0.25) is 0 Å². The highest BCUT2D eigenvalue weighted by atomic mass is 79.9. The molecule has 0 aliphatic carbocycles. The van der Waals surface area contributed by atoms with Crippen LogP contribution >= 0.6 is 15.9 Å². The summed E-state index contributed by atoms with van der Waals surface area (Å²) in [6, 6.07) is 10.8. The summed E-state index contributed by atoms with van der Waals surface area (Å²) in [4.78, 5) is 12.2. The van der Waals surface area contributed by atoms with Crippen molar-refractivity contribution in [3.05, 3.63) is 57.6 Å². The Morgan fingerprint density at radius 1 is 1.09 bits per heavy atom. The molecule has 0 amide bonds. The topological polar surface area (TPSA) is 35.5 Å². The predicted molar refractivity (Wildman–Crippen MR) is 90.8 cm³/mol. The van der Waals surface area contributed by atoms with Gasteiger partial charge in [0.2, 0.25) is 0 Å². The SMILES string of the molecule is CCCOc1ccc(C(=O)Oc2ccc(C)c(C)c2)cc1Br. The van der Waals surface area contributed by atoms with Crippen LogP contribution in [0, 0.1) is 13.8 Å². The van der Waals surface area contributed by atoms with Crippen molar-refractivity contribution in [2.75, 3.05) is 6.61 Å². The molecule has 2 aromatic carbocycles. The lowest BCUT2D eigenvalue weighted by atomic mass is 10.1. The number of aryl methyl sites for hydroxylation is 2. The summed E-state index contributed by atoms with van der Waals surface area (Å²) in [6.45, 7) is 6.70. The first-order valence-corrected chi connectivity index (χ1v) is 8.02. The lowest BCUT2D eigenvalue weighted by molar-refractivity contribution is 0.0734. The Morgan fingerprint density at radius 2 is 1.86 bits per heavy atom. The van der Waals surface area contributed by atoms with Gasteiger partial charge in [0.25, 0.3) is 0 Å². The Morgan fingerprint density at radius 3 is 2.50 bits per heavy atom. The van der Waals surface area contributed by atoms with E-state index in [9.17, 15) is 4.79 Å². The van der Waals surface area contributed by atoms with E-state index in [1.54, 1.807) is 24.3 Å². The molecule has 0 bridgehead atoms. The van der Waals surface area contributed by atoms with Crippen LogP contribution in [-0.4, -0.2) is 12.6 Å². The van der Waals surface area contributed by atoms with Gasteiger partial charge >= 0.3 is 5.97 Å². The van der Waals surface area contributed by atoms with E-state index in [0.29, 0.717) is 17.9 Å². The van der Waals surface area contributed by atoms with Gasteiger partial charge in [-0.3, -0.25) is 0 Å². The van der Waals surface area contributed by atoms with E-state index >= 15 is 0 Å². The van der Waals surface area contributed by atoms with Crippen molar-refractivity contribution in [3.63, 3.8) is 0 Å². The molecule has 0 N–H and O–H groups in total. The zero-order valence-corrected chi connectivity index (χ0v) is 14.6. The fraction of sp³-hybridized carbons (Fsp3) is 0.278. The van der Waals surface area contributed by atoms with Crippen LogP contribution in [0.15, 0.2) is 40.9 Å². The summed E-state index contributed by atoms with van der Waals surface area (Å²) < 4.78 is 11.7. The Labute approximate surface area is 139 Å². The van der Waals surface area contributed by atoms with Gasteiger partial charge in [-0.25, -0.2) is 4.79 Å². The molecule has 2 aromatic rings. The maximum Gasteiger partial charge on any atom is 0.343 e. The number of ether oxygens (including phenoxy) is 2. The molecule has 0 radical (unpaired) electrons. The number of hydrogen-bond donors (Lipinski definition) is 0. The maximum atomic E-state index is 12.2. The summed E-state index contributed by atoms with van der Waals surface area (Å²) in [5.74, 6) is 0.895. The Kier molecular flexibility index (Phi) is 5.61. The third-order valence-electron chi connectivity index (χ3n) is 3.32. The highest BCUT2D eigenvalue weighted by Crippen LogP contribution is 2.27. The predicted octanol–water partition coefficient (Wildman–Crippen LogP) is 5.07. The molecule has 0 spiro atoms. The molecule has 0 atom stereocenters. The molecule has 116 valence electrons. The highest BCUT2D eigenvalue weighted by molar-refractivity contribution is 9.10. The zero-order valence-electron chi connectivity index (χ0n) is 13.0. The van der Waals surface area contributed by atoms with E-state index in [1.165, 1.54) is 5.56 Å². The quantitative estimate of drug-likeness (QED) is 0.549. The van der Waals surface area contributed by atoms with Crippen molar-refractivity contribution in [3.8, 4) is 11.5 Å². The number of benzene rings is 2. The highest BCUT2D eigenvalue weighted by Gasteiger charge is 2.12. The summed E-state index contributed by atoms with van der Waals surface area (Å²) in [7, 11) is 0. The van der Waals surface area contributed by atoms with Gasteiger partial charge < -0.3 is 9.47 Å². The smallest absolute Gasteiger partial charge is 0.343 e. The summed E-state index contributed by atoms with van der Waals surface area (Å²) >= 11 is 3.42. The number of carbonyl (C=O) groups is 1. The Balaban J connectivity index is 2.12. The van der Waals surface area contributed by atoms with E-state index in [2.05, 4.69) is 15.9 Å². The van der Waals surface area contributed by atoms with Crippen LogP contribution in [0.4, 0.5) is 0 Å². The maximum absolute atomic E-state index is 12.2. The molecule has 0 saturated carbocycles. The fourth-order valence-corrected chi connectivity index (χ4v) is 2.39. The minimum absolute atomic E-state index is 0.383. The average molecular weight is 363 g/mol. The van der Waals surface area contributed by atoms with Crippen LogP contribution in [0.1, 0.15) is 34.8 Å². The van der Waals surface area contributed by atoms with Crippen LogP contribution in [0.3, 0.4) is 0 Å². The summed E-state index contributed by atoms with van der Waals surface area (Å²) in [5, 5.41) is 0. The van der Waals surface area contributed by atoms with Gasteiger partial charge in [-0.2, -0.15) is 0 Å². The first kappa shape index (κ1) is 16.6. The standard InChI is InChI=1S/C18H19BrO3/c1-4-9-21-17-8-6-14(11-16(17)19)18(20)22-15-7-5-12(2)13(3)10-15/h5-8,10-11H,4,9H2,1-3H3. The molecule has 4 heteroatoms. The van der Waals surface area contributed by atoms with Gasteiger partial charge in [-0.15, -0.1) is 0 Å². The minimum atomic E-state index is -0.383. The second-order valence-corrected chi connectivity index (χ2v) is 5.98. The molecule has 0 aliphatic rings. The van der Waals surface area contributed by atoms with Gasteiger partial charge in [-0.05, 0) is 77.7 Å². The first-order chi connectivity index (χ1) is 10.5. The normalized spacial score (nSPS) is 10.4. The van der Waals surface area contributed by atoms with Crippen LogP contribution in [-0.2, 0) is 0 Å². The number of esters is 1. The monoisotopic (exact) mass is 362 g/mol. The van der Waals surface area contributed by atoms with Gasteiger partial charge in [0.1, 0.15) is 11.5 Å². The minimum Gasteiger partial charge on any atom is -0.492 e. The molecule has 22 heavy (non-hydrogen) atoms. The van der Waals surface area contributed by atoms with Crippen LogP contribution < -0.4 is 9.47 Å². The van der Waals surface area contributed by atoms with Gasteiger partial charge in [0.15, 0.2) is 0 Å². The average Bonchev–Trinajstić information content (AvgIpc) is 2.49. The third kappa shape index (κ3) is 4.10. The molecular weight excluding hydrogens is 344 g/mol. The van der Waals surface area contributed by atoms with Crippen molar-refractivity contribution in [1.29, 1.82) is 0 Å². The number of halogens is 1. The summed E-state index contributed by atoms with van der Waals surface area (Å²) in [5.41, 5.74) is 2.74. The molecule has 2 rings (SSSR count). The van der Waals surface area contributed by atoms with Crippen molar-refractivity contribution in [2.24, 2.45) is 0 Å². The van der Waals surface area contributed by atoms with Crippen molar-refractivity contribution in [1.82, 2.24) is 0 Å². The van der Waals surface area contributed by atoms with Crippen LogP contribution in [0.25, 0.3) is 0 Å². The first-order valence-electron chi connectivity index (χ1n) is 7.23. The molecule has 0 fully saturated rings. The lowest BCUT2D eigenvalue weighted by Gasteiger charge is -2.09. The van der Waals surface area contributed by atoms with Gasteiger partial charge in [-0.1, -0.05) is 13.0 Å². The molecule has 0 aliphatic heterocycles. The largest absolute Gasteiger partial charge is 0.492 e. The van der Waals surface area contributed by atoms with E-state index in [0.717, 1.165) is 22.2 Å². The molecule has 0 aromatic heterocycles. The lowest BCUT2D eigenvalue weighted by Crippen LogP contribution is -2.09. The van der Waals surface area contributed by atoms with Crippen molar-refractivity contribution in [2.45, 2.75) is 27.2 Å². The van der Waals surface area contributed by atoms with E-state index in [-0.39, 0.29) is 5.97 Å².